The number of unbranched alkanes of at least 4 members (excludes halogenated alkanes) is 47. The van der Waals surface area contributed by atoms with E-state index in [9.17, 15) is 45.6 Å². The lowest BCUT2D eigenvalue weighted by Crippen LogP contribution is -2.65. The molecule has 0 aromatic heterocycles. The van der Waals surface area contributed by atoms with Gasteiger partial charge in [0, 0.05) is 6.42 Å². The van der Waals surface area contributed by atoms with Gasteiger partial charge in [0.2, 0.25) is 5.91 Å². The number of aliphatic hydroxyl groups excluding tert-OH is 8. The Bertz CT molecular complexity index is 1460. The lowest BCUT2D eigenvalue weighted by atomic mass is 9.97. The fraction of sp³-hybridized carbons (Fsp3) is 0.957. The minimum absolute atomic E-state index is 0.232. The molecule has 1 amide bonds. The molecule has 12 unspecified atom stereocenters. The SMILES string of the molecule is CCCCCCCCCCCCCCCCCCCCCCCCCCCCCCCC/C=C/C(O)C(COC1OC(CO)C(OC2OC(CO)C(O)C(O)C2O)C(O)C1O)NC(=O)CCCCCCCCCCCCCCCCCCCC. The molecule has 2 fully saturated rings. The number of amides is 1. The normalized spacial score (nSPS) is 23.6. The number of ether oxygens (including phenoxy) is 4. The van der Waals surface area contributed by atoms with Crippen LogP contribution < -0.4 is 5.32 Å². The smallest absolute Gasteiger partial charge is 0.220 e. The van der Waals surface area contributed by atoms with Crippen molar-refractivity contribution in [3.8, 4) is 0 Å². The molecule has 14 heteroatoms. The van der Waals surface area contributed by atoms with Gasteiger partial charge in [-0.25, -0.2) is 0 Å². The Morgan fingerprint density at radius 3 is 1.10 bits per heavy atom. The molecule has 0 aromatic carbocycles. The summed E-state index contributed by atoms with van der Waals surface area (Å²) in [7, 11) is 0. The Balaban J connectivity index is 1.64. The van der Waals surface area contributed by atoms with Crippen molar-refractivity contribution in [2.75, 3.05) is 19.8 Å². The molecule has 84 heavy (non-hydrogen) atoms. The zero-order chi connectivity index (χ0) is 60.9. The maximum absolute atomic E-state index is 13.3. The summed E-state index contributed by atoms with van der Waals surface area (Å²) in [5.41, 5.74) is 0. The standard InChI is InChI=1S/C70H135NO13/c1-3-5-7-9-11-13-15-17-19-21-23-24-25-26-27-28-29-30-31-32-33-34-35-36-37-39-41-43-45-47-49-51-53-59(74)58(71-62(75)54-52-50-48-46-44-42-40-38-22-20-18-16-14-12-10-8-6-4-2)57-81-69-67(80)65(78)68(61(56-73)83-69)84-70-66(79)64(77)63(76)60(55-72)82-70/h51,53,58-61,63-70,72-74,76-80H,3-50,52,54-57H2,1-2H3,(H,71,75)/b53-51+. The van der Waals surface area contributed by atoms with Crippen LogP contribution in [0, 0.1) is 0 Å². The first-order chi connectivity index (χ1) is 41.1. The Labute approximate surface area is 514 Å². The molecule has 0 aliphatic carbocycles. The number of allylic oxidation sites excluding steroid dienone is 1. The van der Waals surface area contributed by atoms with Gasteiger partial charge in [0.25, 0.3) is 0 Å². The third-order valence-corrected chi connectivity index (χ3v) is 18.0. The maximum atomic E-state index is 13.3. The molecule has 12 atom stereocenters. The topological polar surface area (TPSA) is 228 Å². The van der Waals surface area contributed by atoms with Crippen LogP contribution in [0.25, 0.3) is 0 Å². The molecule has 9 N–H and O–H groups in total. The number of rotatable bonds is 60. The van der Waals surface area contributed by atoms with E-state index in [4.69, 9.17) is 18.9 Å². The van der Waals surface area contributed by atoms with Crippen LogP contribution in [0.2, 0.25) is 0 Å². The highest BCUT2D eigenvalue weighted by Gasteiger charge is 2.51. The predicted molar refractivity (Wildman–Crippen MR) is 342 cm³/mol. The summed E-state index contributed by atoms with van der Waals surface area (Å²) in [6, 6.07) is -0.911. The highest BCUT2D eigenvalue weighted by atomic mass is 16.7. The molecular weight excluding hydrogens is 1060 g/mol. The Morgan fingerprint density at radius 2 is 0.738 bits per heavy atom. The van der Waals surface area contributed by atoms with E-state index >= 15 is 0 Å². The molecule has 0 saturated carbocycles. The van der Waals surface area contributed by atoms with Gasteiger partial charge in [0.1, 0.15) is 48.8 Å². The second-order valence-electron chi connectivity index (χ2n) is 25.7. The van der Waals surface area contributed by atoms with Crippen LogP contribution in [-0.2, 0) is 23.7 Å². The number of hydrogen-bond acceptors (Lipinski definition) is 13. The van der Waals surface area contributed by atoms with Crippen LogP contribution in [0.4, 0.5) is 0 Å². The first-order valence-electron chi connectivity index (χ1n) is 35.9. The molecule has 14 nitrogen and oxygen atoms in total. The van der Waals surface area contributed by atoms with Crippen molar-refractivity contribution in [3.63, 3.8) is 0 Å². The van der Waals surface area contributed by atoms with Crippen LogP contribution in [-0.4, -0.2) is 140 Å². The van der Waals surface area contributed by atoms with Gasteiger partial charge < -0.3 is 65.1 Å². The van der Waals surface area contributed by atoms with Gasteiger partial charge in [0.15, 0.2) is 12.6 Å². The van der Waals surface area contributed by atoms with E-state index in [1.807, 2.05) is 6.08 Å². The minimum atomic E-state index is -1.79. The van der Waals surface area contributed by atoms with E-state index < -0.39 is 86.8 Å². The van der Waals surface area contributed by atoms with Gasteiger partial charge in [-0.15, -0.1) is 0 Å². The van der Waals surface area contributed by atoms with Crippen molar-refractivity contribution in [1.82, 2.24) is 5.32 Å². The Hall–Kier alpha value is -1.27. The highest BCUT2D eigenvalue weighted by Crippen LogP contribution is 2.30. The fourth-order valence-electron chi connectivity index (χ4n) is 12.2. The maximum Gasteiger partial charge on any atom is 0.220 e. The van der Waals surface area contributed by atoms with E-state index in [1.54, 1.807) is 6.08 Å². The van der Waals surface area contributed by atoms with Gasteiger partial charge in [0.05, 0.1) is 32.0 Å². The average Bonchev–Trinajstić information content (AvgIpc) is 3.64. The monoisotopic (exact) mass is 1200 g/mol. The van der Waals surface area contributed by atoms with Crippen LogP contribution in [0.5, 0.6) is 0 Å². The summed E-state index contributed by atoms with van der Waals surface area (Å²) in [6.45, 7) is 2.86. The zero-order valence-corrected chi connectivity index (χ0v) is 54.2. The molecule has 0 spiro atoms. The molecule has 0 radical (unpaired) electrons. The third kappa shape index (κ3) is 39.7. The van der Waals surface area contributed by atoms with Crippen LogP contribution in [0.15, 0.2) is 12.2 Å². The van der Waals surface area contributed by atoms with Crippen molar-refractivity contribution in [2.24, 2.45) is 0 Å². The van der Waals surface area contributed by atoms with Crippen molar-refractivity contribution >= 4 is 5.91 Å². The number of hydrogen-bond donors (Lipinski definition) is 9. The zero-order valence-electron chi connectivity index (χ0n) is 54.2. The van der Waals surface area contributed by atoms with Crippen molar-refractivity contribution in [1.29, 1.82) is 0 Å². The molecule has 2 saturated heterocycles. The number of nitrogens with one attached hydrogen (secondary N) is 1. The van der Waals surface area contributed by atoms with Gasteiger partial charge in [-0.3, -0.25) is 4.79 Å². The van der Waals surface area contributed by atoms with Gasteiger partial charge in [-0.05, 0) is 19.3 Å². The lowest BCUT2D eigenvalue weighted by molar-refractivity contribution is -0.359. The van der Waals surface area contributed by atoms with E-state index in [2.05, 4.69) is 19.2 Å². The molecule has 2 rings (SSSR count). The van der Waals surface area contributed by atoms with Crippen molar-refractivity contribution in [2.45, 2.75) is 408 Å². The summed E-state index contributed by atoms with van der Waals surface area (Å²) in [5, 5.41) is 87.4. The summed E-state index contributed by atoms with van der Waals surface area (Å²) >= 11 is 0. The van der Waals surface area contributed by atoms with Crippen molar-refractivity contribution in [3.05, 3.63) is 12.2 Å². The first kappa shape index (κ1) is 78.8. The first-order valence-corrected chi connectivity index (χ1v) is 35.9. The largest absolute Gasteiger partial charge is 0.394 e. The quantitative estimate of drug-likeness (QED) is 0.0204. The summed E-state index contributed by atoms with van der Waals surface area (Å²) < 4.78 is 22.9. The minimum Gasteiger partial charge on any atom is -0.394 e. The predicted octanol–water partition coefficient (Wildman–Crippen LogP) is 14.6. The van der Waals surface area contributed by atoms with E-state index in [0.717, 1.165) is 38.5 Å². The molecule has 0 aromatic rings. The Kier molecular flexibility index (Phi) is 52.3. The van der Waals surface area contributed by atoms with Crippen LogP contribution in [0.3, 0.4) is 0 Å². The summed E-state index contributed by atoms with van der Waals surface area (Å²) in [6.07, 6.45) is 51.4. The van der Waals surface area contributed by atoms with E-state index in [0.29, 0.717) is 6.42 Å². The summed E-state index contributed by atoms with van der Waals surface area (Å²) in [4.78, 5) is 13.3. The molecule has 2 aliphatic heterocycles. The number of aliphatic hydroxyl groups is 8. The van der Waals surface area contributed by atoms with Gasteiger partial charge >= 0.3 is 0 Å². The average molecular weight is 1200 g/mol. The molecule has 498 valence electrons. The molecular formula is C70H135NO13. The third-order valence-electron chi connectivity index (χ3n) is 18.0. The fourth-order valence-corrected chi connectivity index (χ4v) is 12.2. The highest BCUT2D eigenvalue weighted by molar-refractivity contribution is 5.76. The van der Waals surface area contributed by atoms with Crippen molar-refractivity contribution < 1.29 is 64.6 Å². The van der Waals surface area contributed by atoms with Gasteiger partial charge in [-0.2, -0.15) is 0 Å². The van der Waals surface area contributed by atoms with Crippen LogP contribution in [0.1, 0.15) is 335 Å². The Morgan fingerprint density at radius 1 is 0.417 bits per heavy atom. The molecule has 2 aliphatic rings. The number of carbonyl (C=O) groups excluding carboxylic acids is 1. The van der Waals surface area contributed by atoms with E-state index in [-0.39, 0.29) is 18.9 Å². The molecule has 2 heterocycles. The lowest BCUT2D eigenvalue weighted by Gasteiger charge is -2.46. The van der Waals surface area contributed by atoms with E-state index in [1.165, 1.54) is 270 Å². The van der Waals surface area contributed by atoms with Crippen LogP contribution >= 0.6 is 0 Å². The number of carbonyl (C=O) groups is 1. The summed E-state index contributed by atoms with van der Waals surface area (Å²) in [5.74, 6) is -0.232. The van der Waals surface area contributed by atoms with Gasteiger partial charge in [-0.1, -0.05) is 321 Å². The molecule has 0 bridgehead atoms. The second kappa shape index (κ2) is 55.8. The second-order valence-corrected chi connectivity index (χ2v) is 25.7.